The number of aliphatic hydroxyl groups is 1. The molecule has 5 nitrogen and oxygen atoms in total. The fourth-order valence-electron chi connectivity index (χ4n) is 4.33. The van der Waals surface area contributed by atoms with E-state index in [1.807, 2.05) is 48.5 Å². The molecule has 1 aliphatic carbocycles. The molecule has 2 aromatic carbocycles. The van der Waals surface area contributed by atoms with Crippen LogP contribution in [0.4, 0.5) is 0 Å². The Bertz CT molecular complexity index is 841. The van der Waals surface area contributed by atoms with Gasteiger partial charge in [0.1, 0.15) is 13.2 Å². The van der Waals surface area contributed by atoms with Crippen molar-refractivity contribution in [1.82, 2.24) is 5.32 Å². The largest absolute Gasteiger partial charge is 0.486 e. The molecule has 2 N–H and O–H groups in total. The lowest BCUT2D eigenvalue weighted by Gasteiger charge is -2.33. The summed E-state index contributed by atoms with van der Waals surface area (Å²) in [5.74, 6) is 1.34. The van der Waals surface area contributed by atoms with Gasteiger partial charge in [0.25, 0.3) is 0 Å². The summed E-state index contributed by atoms with van der Waals surface area (Å²) < 4.78 is 11.4. The van der Waals surface area contributed by atoms with Crippen LogP contribution >= 0.6 is 0 Å². The van der Waals surface area contributed by atoms with Gasteiger partial charge in [0.2, 0.25) is 5.91 Å². The van der Waals surface area contributed by atoms with Crippen LogP contribution in [0, 0.1) is 0 Å². The normalized spacial score (nSPS) is 19.6. The van der Waals surface area contributed by atoms with Gasteiger partial charge in [0.05, 0.1) is 17.6 Å². The zero-order chi connectivity index (χ0) is 19.6. The summed E-state index contributed by atoms with van der Waals surface area (Å²) >= 11 is 0. The summed E-state index contributed by atoms with van der Waals surface area (Å²) in [4.78, 5) is 12.9. The first-order valence-corrected chi connectivity index (χ1v) is 9.98. The Labute approximate surface area is 165 Å². The maximum absolute atomic E-state index is 12.9. The van der Waals surface area contributed by atoms with E-state index in [0.717, 1.165) is 48.3 Å². The minimum atomic E-state index is -1.21. The highest BCUT2D eigenvalue weighted by Crippen LogP contribution is 2.42. The van der Waals surface area contributed by atoms with Gasteiger partial charge >= 0.3 is 0 Å². The molecule has 0 saturated heterocycles. The van der Waals surface area contributed by atoms with Crippen molar-refractivity contribution in [2.24, 2.45) is 0 Å². The fourth-order valence-corrected chi connectivity index (χ4v) is 4.33. The van der Waals surface area contributed by atoms with Crippen molar-refractivity contribution < 1.29 is 19.4 Å². The maximum atomic E-state index is 12.9. The average molecular weight is 381 g/mol. The quantitative estimate of drug-likeness (QED) is 0.830. The number of fused-ring (bicyclic) bond motifs is 1. The lowest BCUT2D eigenvalue weighted by atomic mass is 9.86. The van der Waals surface area contributed by atoms with Crippen molar-refractivity contribution in [2.75, 3.05) is 13.2 Å². The molecular weight excluding hydrogens is 354 g/mol. The molecule has 4 rings (SSSR count). The molecule has 1 aliphatic heterocycles. The molecule has 1 heterocycles. The predicted octanol–water partition coefficient (Wildman–Crippen LogP) is 3.64. The molecule has 0 spiro atoms. The predicted molar refractivity (Wildman–Crippen MR) is 106 cm³/mol. The van der Waals surface area contributed by atoms with Crippen molar-refractivity contribution in [2.45, 2.75) is 50.2 Å². The number of hydrogen-bond donors (Lipinski definition) is 2. The topological polar surface area (TPSA) is 67.8 Å². The second kappa shape index (κ2) is 7.47. The van der Waals surface area contributed by atoms with E-state index in [9.17, 15) is 9.90 Å². The molecule has 1 amide bonds. The molecule has 0 aromatic heterocycles. The third kappa shape index (κ3) is 3.72. The number of hydrogen-bond acceptors (Lipinski definition) is 4. The van der Waals surface area contributed by atoms with E-state index in [0.29, 0.717) is 13.2 Å². The molecule has 148 valence electrons. The number of benzene rings is 2. The van der Waals surface area contributed by atoms with E-state index < -0.39 is 11.1 Å². The summed E-state index contributed by atoms with van der Waals surface area (Å²) in [5, 5.41) is 14.1. The Morgan fingerprint density at radius 3 is 2.46 bits per heavy atom. The van der Waals surface area contributed by atoms with Crippen molar-refractivity contribution in [3.63, 3.8) is 0 Å². The Morgan fingerprint density at radius 2 is 1.75 bits per heavy atom. The summed E-state index contributed by atoms with van der Waals surface area (Å²) in [7, 11) is 0. The van der Waals surface area contributed by atoms with Crippen LogP contribution in [-0.2, 0) is 15.9 Å². The number of rotatable bonds is 5. The lowest BCUT2D eigenvalue weighted by Crippen LogP contribution is -2.45. The highest BCUT2D eigenvalue weighted by molar-refractivity contribution is 5.78. The Kier molecular flexibility index (Phi) is 5.02. The van der Waals surface area contributed by atoms with Crippen LogP contribution in [0.2, 0.25) is 0 Å². The minimum absolute atomic E-state index is 0.0172. The van der Waals surface area contributed by atoms with Crippen molar-refractivity contribution in [3.8, 4) is 11.5 Å². The van der Waals surface area contributed by atoms with Gasteiger partial charge in [-0.25, -0.2) is 0 Å². The number of nitrogens with one attached hydrogen (secondary N) is 1. The summed E-state index contributed by atoms with van der Waals surface area (Å²) in [6.07, 6.45) is 3.90. The standard InChI is InChI=1S/C23H27NO4/c1-22(26,17-7-3-2-4-8-17)16-21(25)24-23(11-5-6-12-23)18-9-10-19-20(15-18)28-14-13-27-19/h2-4,7-10,15,26H,5-6,11-14,16H2,1H3,(H,24,25)/t22-/m0/s1. The second-order valence-electron chi connectivity index (χ2n) is 8.01. The average Bonchev–Trinajstić information content (AvgIpc) is 3.17. The molecule has 2 aromatic rings. The SMILES string of the molecule is C[C@](O)(CC(=O)NC1(c2ccc3c(c2)OCCO3)CCCC1)c1ccccc1. The van der Waals surface area contributed by atoms with Crippen molar-refractivity contribution in [3.05, 3.63) is 59.7 Å². The zero-order valence-electron chi connectivity index (χ0n) is 16.2. The molecule has 1 atom stereocenters. The monoisotopic (exact) mass is 381 g/mol. The van der Waals surface area contributed by atoms with E-state index in [-0.39, 0.29) is 12.3 Å². The van der Waals surface area contributed by atoms with Gasteiger partial charge in [-0.15, -0.1) is 0 Å². The number of ether oxygens (including phenoxy) is 2. The zero-order valence-corrected chi connectivity index (χ0v) is 16.2. The van der Waals surface area contributed by atoms with Gasteiger partial charge < -0.3 is 19.9 Å². The van der Waals surface area contributed by atoms with Crippen molar-refractivity contribution >= 4 is 5.91 Å². The van der Waals surface area contributed by atoms with Crippen LogP contribution in [0.3, 0.4) is 0 Å². The minimum Gasteiger partial charge on any atom is -0.486 e. The Hall–Kier alpha value is -2.53. The van der Waals surface area contributed by atoms with E-state index in [1.165, 1.54) is 0 Å². The van der Waals surface area contributed by atoms with Crippen LogP contribution < -0.4 is 14.8 Å². The highest BCUT2D eigenvalue weighted by atomic mass is 16.6. The molecule has 0 bridgehead atoms. The van der Waals surface area contributed by atoms with Gasteiger partial charge in [-0.2, -0.15) is 0 Å². The van der Waals surface area contributed by atoms with Crippen LogP contribution in [0.25, 0.3) is 0 Å². The first kappa shape index (κ1) is 18.8. The second-order valence-corrected chi connectivity index (χ2v) is 8.01. The summed E-state index contributed by atoms with van der Waals surface area (Å²) in [6.45, 7) is 2.78. The van der Waals surface area contributed by atoms with E-state index in [1.54, 1.807) is 6.92 Å². The van der Waals surface area contributed by atoms with Gasteiger partial charge in [-0.1, -0.05) is 49.2 Å². The fraction of sp³-hybridized carbons (Fsp3) is 0.435. The molecule has 1 fully saturated rings. The van der Waals surface area contributed by atoms with Crippen LogP contribution in [0.5, 0.6) is 11.5 Å². The van der Waals surface area contributed by atoms with Gasteiger partial charge in [0, 0.05) is 0 Å². The molecule has 2 aliphatic rings. The van der Waals surface area contributed by atoms with Gasteiger partial charge in [-0.05, 0) is 43.0 Å². The Balaban J connectivity index is 1.54. The highest BCUT2D eigenvalue weighted by Gasteiger charge is 2.39. The summed E-state index contributed by atoms with van der Waals surface area (Å²) in [5.41, 5.74) is 0.157. The van der Waals surface area contributed by atoms with Gasteiger partial charge in [-0.3, -0.25) is 4.79 Å². The van der Waals surface area contributed by atoms with Crippen LogP contribution in [0.1, 0.15) is 50.2 Å². The van der Waals surface area contributed by atoms with E-state index >= 15 is 0 Å². The Morgan fingerprint density at radius 1 is 1.07 bits per heavy atom. The first-order chi connectivity index (χ1) is 13.5. The molecule has 0 unspecified atom stereocenters. The smallest absolute Gasteiger partial charge is 0.223 e. The van der Waals surface area contributed by atoms with Crippen molar-refractivity contribution in [1.29, 1.82) is 0 Å². The number of amides is 1. The number of carbonyl (C=O) groups is 1. The van der Waals surface area contributed by atoms with E-state index in [4.69, 9.17) is 9.47 Å². The van der Waals surface area contributed by atoms with Gasteiger partial charge in [0.15, 0.2) is 11.5 Å². The maximum Gasteiger partial charge on any atom is 0.223 e. The molecule has 5 heteroatoms. The van der Waals surface area contributed by atoms with Crippen LogP contribution in [-0.4, -0.2) is 24.2 Å². The molecular formula is C23H27NO4. The molecule has 1 saturated carbocycles. The third-order valence-corrected chi connectivity index (χ3v) is 5.83. The first-order valence-electron chi connectivity index (χ1n) is 9.98. The van der Waals surface area contributed by atoms with E-state index in [2.05, 4.69) is 5.32 Å². The lowest BCUT2D eigenvalue weighted by molar-refractivity contribution is -0.128. The third-order valence-electron chi connectivity index (χ3n) is 5.83. The molecule has 28 heavy (non-hydrogen) atoms. The van der Waals surface area contributed by atoms with Crippen LogP contribution in [0.15, 0.2) is 48.5 Å². The summed E-state index contributed by atoms with van der Waals surface area (Å²) in [6, 6.07) is 15.3. The molecule has 0 radical (unpaired) electrons. The number of carbonyl (C=O) groups excluding carboxylic acids is 1.